The van der Waals surface area contributed by atoms with Crippen molar-refractivity contribution in [2.24, 2.45) is 0 Å². The van der Waals surface area contributed by atoms with E-state index in [1.165, 1.54) is 38.5 Å². The summed E-state index contributed by atoms with van der Waals surface area (Å²) in [5, 5.41) is 6.12. The summed E-state index contributed by atoms with van der Waals surface area (Å²) in [7, 11) is 1.65. The fraction of sp³-hybridized carbons (Fsp3) is 0.524. The summed E-state index contributed by atoms with van der Waals surface area (Å²) in [5.41, 5.74) is 1.11. The lowest BCUT2D eigenvalue weighted by Gasteiger charge is -2.14. The van der Waals surface area contributed by atoms with Crippen LogP contribution in [0.25, 0.3) is 0 Å². The van der Waals surface area contributed by atoms with Crippen molar-refractivity contribution in [3.63, 3.8) is 0 Å². The summed E-state index contributed by atoms with van der Waals surface area (Å²) in [5.74, 6) is 1.30. The van der Waals surface area contributed by atoms with E-state index in [9.17, 15) is 0 Å². The van der Waals surface area contributed by atoms with Crippen LogP contribution in [0.5, 0.6) is 11.5 Å². The minimum absolute atomic E-state index is 0.503. The molecule has 5 heteroatoms. The monoisotopic (exact) mass is 395 g/mol. The average Bonchev–Trinajstić information content (AvgIpc) is 3.16. The van der Waals surface area contributed by atoms with E-state index in [1.54, 1.807) is 18.4 Å². The topological polar surface area (TPSA) is 30.5 Å². The molecule has 0 aliphatic heterocycles. The van der Waals surface area contributed by atoms with Gasteiger partial charge in [-0.1, -0.05) is 56.7 Å². The van der Waals surface area contributed by atoms with Crippen LogP contribution in [0, 0.1) is 0 Å². The van der Waals surface area contributed by atoms with Crippen molar-refractivity contribution in [2.45, 2.75) is 58.6 Å². The van der Waals surface area contributed by atoms with E-state index in [-0.39, 0.29) is 0 Å². The van der Waals surface area contributed by atoms with Gasteiger partial charge in [-0.05, 0) is 42.1 Å². The molecule has 0 saturated carbocycles. The van der Waals surface area contributed by atoms with Gasteiger partial charge in [-0.25, -0.2) is 0 Å². The van der Waals surface area contributed by atoms with Gasteiger partial charge in [-0.3, -0.25) is 0 Å². The molecule has 1 aromatic carbocycles. The quantitative estimate of drug-likeness (QED) is 0.396. The second kappa shape index (κ2) is 12.2. The van der Waals surface area contributed by atoms with E-state index >= 15 is 0 Å². The minimum Gasteiger partial charge on any atom is -0.493 e. The molecule has 1 N–H and O–H groups in total. The van der Waals surface area contributed by atoms with Crippen molar-refractivity contribution in [3.05, 3.63) is 45.1 Å². The molecule has 0 bridgehead atoms. The Morgan fingerprint density at radius 3 is 2.65 bits per heavy atom. The first-order valence-corrected chi connectivity index (χ1v) is 10.7. The van der Waals surface area contributed by atoms with Crippen molar-refractivity contribution in [1.29, 1.82) is 0 Å². The van der Waals surface area contributed by atoms with Crippen molar-refractivity contribution in [3.8, 4) is 11.5 Å². The first kappa shape index (κ1) is 21.1. The highest BCUT2D eigenvalue weighted by atomic mass is 35.5. The number of hydrogen-bond donors (Lipinski definition) is 1. The van der Waals surface area contributed by atoms with Gasteiger partial charge >= 0.3 is 0 Å². The van der Waals surface area contributed by atoms with Crippen molar-refractivity contribution < 1.29 is 9.47 Å². The maximum Gasteiger partial charge on any atom is 0.180 e. The van der Waals surface area contributed by atoms with E-state index < -0.39 is 0 Å². The fourth-order valence-corrected chi connectivity index (χ4v) is 3.72. The zero-order valence-corrected chi connectivity index (χ0v) is 17.4. The van der Waals surface area contributed by atoms with Gasteiger partial charge in [-0.2, -0.15) is 0 Å². The highest BCUT2D eigenvalue weighted by Crippen LogP contribution is 2.37. The molecule has 0 radical (unpaired) electrons. The Morgan fingerprint density at radius 1 is 1.12 bits per heavy atom. The van der Waals surface area contributed by atoms with E-state index in [0.717, 1.165) is 23.5 Å². The van der Waals surface area contributed by atoms with Gasteiger partial charge in [0, 0.05) is 11.4 Å². The van der Waals surface area contributed by atoms with Crippen molar-refractivity contribution in [2.75, 3.05) is 13.7 Å². The Bertz CT molecular complexity index is 631. The summed E-state index contributed by atoms with van der Waals surface area (Å²) in [4.78, 5) is 1.16. The molecular weight excluding hydrogens is 366 g/mol. The highest BCUT2D eigenvalue weighted by Gasteiger charge is 2.12. The maximum atomic E-state index is 6.44. The molecule has 1 aromatic heterocycles. The molecule has 0 spiro atoms. The number of unbranched alkanes of at least 4 members (excludes halogenated alkanes) is 5. The number of nitrogens with one attached hydrogen (secondary N) is 1. The molecule has 0 unspecified atom stereocenters. The molecule has 0 aliphatic carbocycles. The number of ether oxygens (including phenoxy) is 2. The molecule has 0 fully saturated rings. The van der Waals surface area contributed by atoms with Crippen LogP contribution in [0.15, 0.2) is 29.6 Å². The summed E-state index contributed by atoms with van der Waals surface area (Å²) < 4.78 is 11.4. The number of hydrogen-bond acceptors (Lipinski definition) is 4. The first-order chi connectivity index (χ1) is 12.7. The van der Waals surface area contributed by atoms with Gasteiger partial charge in [0.25, 0.3) is 0 Å². The number of methoxy groups -OCH3 is 1. The molecule has 26 heavy (non-hydrogen) atoms. The Labute approximate surface area is 166 Å². The number of halogens is 1. The lowest BCUT2D eigenvalue weighted by atomic mass is 10.1. The average molecular weight is 396 g/mol. The zero-order chi connectivity index (χ0) is 18.6. The van der Waals surface area contributed by atoms with Gasteiger partial charge < -0.3 is 14.8 Å². The van der Waals surface area contributed by atoms with Crippen LogP contribution in [-0.4, -0.2) is 13.7 Å². The molecular formula is C21H30ClNO2S. The molecule has 144 valence electrons. The van der Waals surface area contributed by atoms with Gasteiger partial charge in [0.2, 0.25) is 0 Å². The van der Waals surface area contributed by atoms with Gasteiger partial charge in [0.05, 0.1) is 12.1 Å². The van der Waals surface area contributed by atoms with E-state index in [0.29, 0.717) is 23.1 Å². The zero-order valence-electron chi connectivity index (χ0n) is 15.9. The number of benzene rings is 1. The van der Waals surface area contributed by atoms with Crippen LogP contribution in [0.1, 0.15) is 55.9 Å². The Balaban J connectivity index is 1.79. The van der Waals surface area contributed by atoms with Crippen LogP contribution < -0.4 is 14.8 Å². The van der Waals surface area contributed by atoms with Gasteiger partial charge in [-0.15, -0.1) is 11.3 Å². The molecule has 0 aliphatic rings. The van der Waals surface area contributed by atoms with Crippen LogP contribution in [0.2, 0.25) is 5.02 Å². The first-order valence-electron chi connectivity index (χ1n) is 9.47. The maximum absolute atomic E-state index is 6.44. The predicted octanol–water partition coefficient (Wildman–Crippen LogP) is 6.44. The van der Waals surface area contributed by atoms with Gasteiger partial charge in [0.1, 0.15) is 6.61 Å². The van der Waals surface area contributed by atoms with E-state index in [4.69, 9.17) is 21.1 Å². The van der Waals surface area contributed by atoms with Crippen molar-refractivity contribution in [1.82, 2.24) is 5.32 Å². The predicted molar refractivity (Wildman–Crippen MR) is 112 cm³/mol. The van der Waals surface area contributed by atoms with E-state index in [1.807, 2.05) is 29.6 Å². The molecule has 2 aromatic rings. The molecule has 1 heterocycles. The third-order valence-corrected chi connectivity index (χ3v) is 5.39. The third-order valence-electron chi connectivity index (χ3n) is 4.26. The Morgan fingerprint density at radius 2 is 1.92 bits per heavy atom. The summed E-state index contributed by atoms with van der Waals surface area (Å²) in [6, 6.07) is 8.03. The Kier molecular flexibility index (Phi) is 9.90. The lowest BCUT2D eigenvalue weighted by Crippen LogP contribution is -2.14. The largest absolute Gasteiger partial charge is 0.493 e. The summed E-state index contributed by atoms with van der Waals surface area (Å²) >= 11 is 8.10. The second-order valence-electron chi connectivity index (χ2n) is 6.42. The SMILES string of the molecule is CCCCCCCCNCc1cc(Cl)c(OCc2cccs2)c(OC)c1. The molecule has 0 saturated heterocycles. The highest BCUT2D eigenvalue weighted by molar-refractivity contribution is 7.09. The minimum atomic E-state index is 0.503. The number of thiophene rings is 1. The normalized spacial score (nSPS) is 10.9. The van der Waals surface area contributed by atoms with Crippen LogP contribution >= 0.6 is 22.9 Å². The smallest absolute Gasteiger partial charge is 0.180 e. The molecule has 0 atom stereocenters. The van der Waals surface area contributed by atoms with Crippen LogP contribution in [0.3, 0.4) is 0 Å². The molecule has 3 nitrogen and oxygen atoms in total. The lowest BCUT2D eigenvalue weighted by molar-refractivity contribution is 0.287. The van der Waals surface area contributed by atoms with Gasteiger partial charge in [0.15, 0.2) is 11.5 Å². The molecule has 2 rings (SSSR count). The number of rotatable bonds is 13. The Hall–Kier alpha value is -1.23. The summed E-state index contributed by atoms with van der Waals surface area (Å²) in [6.45, 7) is 4.57. The standard InChI is InChI=1S/C21H30ClNO2S/c1-3-4-5-6-7-8-11-23-15-17-13-19(22)21(20(14-17)24-2)25-16-18-10-9-12-26-18/h9-10,12-14,23H,3-8,11,15-16H2,1-2H3. The third kappa shape index (κ3) is 7.18. The molecule has 0 amide bonds. The van der Waals surface area contributed by atoms with Crippen LogP contribution in [0.4, 0.5) is 0 Å². The van der Waals surface area contributed by atoms with Crippen LogP contribution in [-0.2, 0) is 13.2 Å². The summed E-state index contributed by atoms with van der Waals surface area (Å²) in [6.07, 6.45) is 7.87. The van der Waals surface area contributed by atoms with Crippen molar-refractivity contribution >= 4 is 22.9 Å². The fourth-order valence-electron chi connectivity index (χ4n) is 2.82. The van der Waals surface area contributed by atoms with E-state index in [2.05, 4.69) is 12.2 Å². The second-order valence-corrected chi connectivity index (χ2v) is 7.86.